The molecule has 1 atom stereocenters. The number of hydrogen-bond donors (Lipinski definition) is 1. The number of aliphatic carboxylic acids is 1. The molecule has 0 radical (unpaired) electrons. The van der Waals surface area contributed by atoms with E-state index in [2.05, 4.69) is 0 Å². The Balaban J connectivity index is 0.00000144. The summed E-state index contributed by atoms with van der Waals surface area (Å²) in [5.74, 6) is -1.16. The molecule has 1 unspecified atom stereocenters. The molecule has 0 aromatic heterocycles. The van der Waals surface area contributed by atoms with Crippen molar-refractivity contribution in [3.63, 3.8) is 0 Å². The van der Waals surface area contributed by atoms with Crippen molar-refractivity contribution in [3.8, 4) is 0 Å². The molecular formula is C14H14KO2+. The van der Waals surface area contributed by atoms with Crippen LogP contribution in [-0.2, 0) is 4.79 Å². The number of hydrogen-bond acceptors (Lipinski definition) is 1. The Labute approximate surface area is 143 Å². The fraction of sp³-hybridized carbons (Fsp3) is 0.214. The van der Waals surface area contributed by atoms with Gasteiger partial charge in [-0.05, 0) is 22.8 Å². The van der Waals surface area contributed by atoms with Crippen LogP contribution in [0.4, 0.5) is 0 Å². The van der Waals surface area contributed by atoms with Crippen molar-refractivity contribution < 1.29 is 61.3 Å². The molecule has 0 aliphatic rings. The molecule has 0 aliphatic carbocycles. The second-order valence-electron chi connectivity index (χ2n) is 3.87. The zero-order valence-electron chi connectivity index (χ0n) is 10.2. The summed E-state index contributed by atoms with van der Waals surface area (Å²) in [6.07, 6.45) is 0.614. The number of carboxylic acids is 1. The Morgan fingerprint density at radius 1 is 1.18 bits per heavy atom. The molecule has 82 valence electrons. The second-order valence-corrected chi connectivity index (χ2v) is 3.87. The van der Waals surface area contributed by atoms with Gasteiger partial charge in [-0.3, -0.25) is 4.79 Å². The van der Waals surface area contributed by atoms with E-state index in [1.165, 1.54) is 0 Å². The Bertz CT molecular complexity index is 517. The van der Waals surface area contributed by atoms with Gasteiger partial charge in [0, 0.05) is 0 Å². The number of carbonyl (C=O) groups is 1. The predicted molar refractivity (Wildman–Crippen MR) is 64.6 cm³/mol. The molecular weight excluding hydrogens is 239 g/mol. The Hall–Kier alpha value is -0.194. The third-order valence-electron chi connectivity index (χ3n) is 2.91. The molecule has 2 aromatic carbocycles. The average Bonchev–Trinajstić information content (AvgIpc) is 2.30. The maximum Gasteiger partial charge on any atom is 1.00 e. The van der Waals surface area contributed by atoms with Gasteiger partial charge in [-0.2, -0.15) is 0 Å². The molecule has 2 rings (SSSR count). The zero-order chi connectivity index (χ0) is 11.5. The number of fused-ring (bicyclic) bond motifs is 1. The van der Waals surface area contributed by atoms with E-state index in [0.29, 0.717) is 6.42 Å². The van der Waals surface area contributed by atoms with Crippen molar-refractivity contribution in [3.05, 3.63) is 48.0 Å². The fourth-order valence-electron chi connectivity index (χ4n) is 2.08. The van der Waals surface area contributed by atoms with Gasteiger partial charge < -0.3 is 5.11 Å². The first-order valence-electron chi connectivity index (χ1n) is 5.44. The van der Waals surface area contributed by atoms with Crippen LogP contribution in [0.3, 0.4) is 0 Å². The number of carboxylic acid groups (broad SMARTS) is 1. The molecule has 2 nitrogen and oxygen atoms in total. The third-order valence-corrected chi connectivity index (χ3v) is 2.91. The summed E-state index contributed by atoms with van der Waals surface area (Å²) < 4.78 is 0. The Morgan fingerprint density at radius 3 is 2.47 bits per heavy atom. The third kappa shape index (κ3) is 3.17. The van der Waals surface area contributed by atoms with Gasteiger partial charge >= 0.3 is 57.4 Å². The van der Waals surface area contributed by atoms with E-state index >= 15 is 0 Å². The van der Waals surface area contributed by atoms with Crippen LogP contribution in [0.25, 0.3) is 10.8 Å². The second kappa shape index (κ2) is 6.66. The molecule has 17 heavy (non-hydrogen) atoms. The van der Waals surface area contributed by atoms with E-state index in [0.717, 1.165) is 16.3 Å². The van der Waals surface area contributed by atoms with Crippen LogP contribution >= 0.6 is 0 Å². The minimum atomic E-state index is -0.751. The maximum absolute atomic E-state index is 11.2. The van der Waals surface area contributed by atoms with Crippen molar-refractivity contribution >= 4 is 16.7 Å². The summed E-state index contributed by atoms with van der Waals surface area (Å²) in [5, 5.41) is 11.3. The van der Waals surface area contributed by atoms with E-state index in [1.807, 2.05) is 49.4 Å². The summed E-state index contributed by atoms with van der Waals surface area (Å²) in [5.41, 5.74) is 0.910. The van der Waals surface area contributed by atoms with Crippen molar-refractivity contribution in [1.82, 2.24) is 0 Å². The van der Waals surface area contributed by atoms with Gasteiger partial charge in [-0.15, -0.1) is 0 Å². The molecule has 0 bridgehead atoms. The Kier molecular flexibility index (Phi) is 5.83. The molecule has 1 N–H and O–H groups in total. The smallest absolute Gasteiger partial charge is 0.481 e. The first kappa shape index (κ1) is 14.9. The monoisotopic (exact) mass is 253 g/mol. The SMILES string of the molecule is CCC(C(=O)O)c1cccc2ccccc12.[K+]. The van der Waals surface area contributed by atoms with E-state index in [9.17, 15) is 9.90 Å². The first-order chi connectivity index (χ1) is 7.74. The summed E-state index contributed by atoms with van der Waals surface area (Å²) in [7, 11) is 0. The number of benzene rings is 2. The van der Waals surface area contributed by atoms with Gasteiger partial charge in [0.05, 0.1) is 5.92 Å². The van der Waals surface area contributed by atoms with Crippen LogP contribution in [0, 0.1) is 0 Å². The molecule has 0 amide bonds. The fourth-order valence-corrected chi connectivity index (χ4v) is 2.08. The molecule has 0 aliphatic heterocycles. The standard InChI is InChI=1S/C14H14O2.K/c1-2-11(14(15)16)13-9-5-7-10-6-3-4-8-12(10)13;/h3-9,11H,2H2,1H3,(H,15,16);/q;+1. The molecule has 2 aromatic rings. The largest absolute Gasteiger partial charge is 1.00 e. The molecule has 3 heteroatoms. The van der Waals surface area contributed by atoms with Gasteiger partial charge in [0.2, 0.25) is 0 Å². The van der Waals surface area contributed by atoms with Crippen LogP contribution in [0.5, 0.6) is 0 Å². The molecule has 0 saturated carbocycles. The summed E-state index contributed by atoms with van der Waals surface area (Å²) >= 11 is 0. The van der Waals surface area contributed by atoms with Gasteiger partial charge in [0.25, 0.3) is 0 Å². The molecule has 0 saturated heterocycles. The summed E-state index contributed by atoms with van der Waals surface area (Å²) in [4.78, 5) is 11.2. The van der Waals surface area contributed by atoms with Crippen molar-refractivity contribution in [1.29, 1.82) is 0 Å². The summed E-state index contributed by atoms with van der Waals surface area (Å²) in [6.45, 7) is 1.90. The van der Waals surface area contributed by atoms with Gasteiger partial charge in [-0.25, -0.2) is 0 Å². The van der Waals surface area contributed by atoms with E-state index in [4.69, 9.17) is 0 Å². The molecule has 0 heterocycles. The number of rotatable bonds is 3. The topological polar surface area (TPSA) is 37.3 Å². The van der Waals surface area contributed by atoms with Crippen molar-refractivity contribution in [2.45, 2.75) is 19.3 Å². The first-order valence-corrected chi connectivity index (χ1v) is 5.44. The minimum Gasteiger partial charge on any atom is -0.481 e. The van der Waals surface area contributed by atoms with Crippen LogP contribution in [0.15, 0.2) is 42.5 Å². The Morgan fingerprint density at radius 2 is 1.82 bits per heavy atom. The predicted octanol–water partition coefficient (Wildman–Crippen LogP) is 0.422. The van der Waals surface area contributed by atoms with Gasteiger partial charge in [0.1, 0.15) is 0 Å². The van der Waals surface area contributed by atoms with Crippen molar-refractivity contribution in [2.24, 2.45) is 0 Å². The normalized spacial score (nSPS) is 11.8. The van der Waals surface area contributed by atoms with E-state index < -0.39 is 11.9 Å². The van der Waals surface area contributed by atoms with Crippen LogP contribution < -0.4 is 51.4 Å². The van der Waals surface area contributed by atoms with E-state index in [1.54, 1.807) is 0 Å². The van der Waals surface area contributed by atoms with Crippen LogP contribution in [0.1, 0.15) is 24.8 Å². The van der Waals surface area contributed by atoms with Crippen molar-refractivity contribution in [2.75, 3.05) is 0 Å². The van der Waals surface area contributed by atoms with Crippen LogP contribution in [0.2, 0.25) is 0 Å². The van der Waals surface area contributed by atoms with Gasteiger partial charge in [0.15, 0.2) is 0 Å². The summed E-state index contributed by atoms with van der Waals surface area (Å²) in [6, 6.07) is 13.7. The molecule has 0 fully saturated rings. The minimum absolute atomic E-state index is 0. The van der Waals surface area contributed by atoms with E-state index in [-0.39, 0.29) is 51.4 Å². The zero-order valence-corrected chi connectivity index (χ0v) is 13.3. The average molecular weight is 253 g/mol. The quantitative estimate of drug-likeness (QED) is 0.805. The van der Waals surface area contributed by atoms with Gasteiger partial charge in [-0.1, -0.05) is 49.4 Å². The van der Waals surface area contributed by atoms with Crippen LogP contribution in [-0.4, -0.2) is 11.1 Å². The molecule has 0 spiro atoms. The maximum atomic E-state index is 11.2.